The molecule has 3 aromatic heterocycles. The van der Waals surface area contributed by atoms with Crippen LogP contribution in [-0.2, 0) is 30.4 Å². The van der Waals surface area contributed by atoms with Gasteiger partial charge in [-0.2, -0.15) is 18.3 Å². The molecule has 0 radical (unpaired) electrons. The molecule has 192 valence electrons. The van der Waals surface area contributed by atoms with Crippen molar-refractivity contribution in [1.29, 1.82) is 0 Å². The molecule has 8 nitrogen and oxygen atoms in total. The standard InChI is InChI=1S/C25H22F4N6O2/c1-3-35-14-16(10-33-35)7-22-30-11-17(12-31-22)19-5-4-15(6-21(19)26)8-23(36)34-18-9-20(25(27,28)29)24(37-2)32-13-18/h4-6,9-14H,3,7-8H2,1-2H3,(H,34,36). The van der Waals surface area contributed by atoms with Gasteiger partial charge < -0.3 is 10.1 Å². The van der Waals surface area contributed by atoms with Crippen molar-refractivity contribution in [1.82, 2.24) is 24.7 Å². The fourth-order valence-corrected chi connectivity index (χ4v) is 3.62. The highest BCUT2D eigenvalue weighted by molar-refractivity contribution is 5.92. The molecule has 0 aliphatic rings. The van der Waals surface area contributed by atoms with Gasteiger partial charge in [-0.3, -0.25) is 9.48 Å². The molecule has 0 unspecified atom stereocenters. The van der Waals surface area contributed by atoms with Crippen molar-refractivity contribution in [2.45, 2.75) is 32.5 Å². The van der Waals surface area contributed by atoms with Gasteiger partial charge in [0.15, 0.2) is 0 Å². The lowest BCUT2D eigenvalue weighted by Gasteiger charge is -2.13. The number of ether oxygens (including phenoxy) is 1. The Kier molecular flexibility index (Phi) is 7.46. The maximum Gasteiger partial charge on any atom is 0.421 e. The van der Waals surface area contributed by atoms with Crippen LogP contribution in [-0.4, -0.2) is 37.7 Å². The summed E-state index contributed by atoms with van der Waals surface area (Å²) >= 11 is 0. The minimum atomic E-state index is -4.71. The maximum absolute atomic E-state index is 14.8. The number of methoxy groups -OCH3 is 1. The Labute approximate surface area is 209 Å². The minimum Gasteiger partial charge on any atom is -0.481 e. The van der Waals surface area contributed by atoms with Crippen molar-refractivity contribution < 1.29 is 27.1 Å². The lowest BCUT2D eigenvalue weighted by atomic mass is 10.0. The molecule has 37 heavy (non-hydrogen) atoms. The molecule has 12 heteroatoms. The average molecular weight is 514 g/mol. The zero-order chi connectivity index (χ0) is 26.6. The summed E-state index contributed by atoms with van der Waals surface area (Å²) in [4.78, 5) is 24.6. The zero-order valence-electron chi connectivity index (χ0n) is 19.9. The van der Waals surface area contributed by atoms with Crippen molar-refractivity contribution in [2.24, 2.45) is 0 Å². The highest BCUT2D eigenvalue weighted by Crippen LogP contribution is 2.36. The van der Waals surface area contributed by atoms with Gasteiger partial charge in [0.1, 0.15) is 17.2 Å². The van der Waals surface area contributed by atoms with Crippen LogP contribution in [0, 0.1) is 5.82 Å². The summed E-state index contributed by atoms with van der Waals surface area (Å²) in [5.74, 6) is -1.26. The van der Waals surface area contributed by atoms with Crippen LogP contribution < -0.4 is 10.1 Å². The van der Waals surface area contributed by atoms with Crippen LogP contribution >= 0.6 is 0 Å². The van der Waals surface area contributed by atoms with Crippen LogP contribution in [0.1, 0.15) is 29.4 Å². The normalized spacial score (nSPS) is 11.4. The van der Waals surface area contributed by atoms with Gasteiger partial charge in [-0.05, 0) is 30.2 Å². The largest absolute Gasteiger partial charge is 0.481 e. The van der Waals surface area contributed by atoms with Gasteiger partial charge >= 0.3 is 6.18 Å². The molecule has 4 aromatic rings. The summed E-state index contributed by atoms with van der Waals surface area (Å²) in [5, 5.41) is 6.56. The summed E-state index contributed by atoms with van der Waals surface area (Å²) in [6, 6.07) is 4.97. The quantitative estimate of drug-likeness (QED) is 0.343. The van der Waals surface area contributed by atoms with Crippen LogP contribution in [0.5, 0.6) is 5.88 Å². The Bertz CT molecular complexity index is 1400. The fourth-order valence-electron chi connectivity index (χ4n) is 3.62. The van der Waals surface area contributed by atoms with E-state index in [2.05, 4.69) is 30.1 Å². The second-order valence-corrected chi connectivity index (χ2v) is 8.09. The molecule has 1 aromatic carbocycles. The lowest BCUT2D eigenvalue weighted by molar-refractivity contribution is -0.139. The first kappa shape index (κ1) is 25.7. The van der Waals surface area contributed by atoms with E-state index in [9.17, 15) is 22.4 Å². The van der Waals surface area contributed by atoms with E-state index >= 15 is 0 Å². The molecule has 3 heterocycles. The summed E-state index contributed by atoms with van der Waals surface area (Å²) in [7, 11) is 1.07. The van der Waals surface area contributed by atoms with Gasteiger partial charge in [-0.1, -0.05) is 12.1 Å². The molecule has 0 aliphatic heterocycles. The molecule has 0 spiro atoms. The number of nitrogens with one attached hydrogen (secondary N) is 1. The Hall–Kier alpha value is -4.35. The summed E-state index contributed by atoms with van der Waals surface area (Å²) in [5.41, 5.74) is 0.737. The van der Waals surface area contributed by atoms with Crippen LogP contribution in [0.3, 0.4) is 0 Å². The number of benzene rings is 1. The van der Waals surface area contributed by atoms with Crippen molar-refractivity contribution in [3.63, 3.8) is 0 Å². The van der Waals surface area contributed by atoms with E-state index in [0.29, 0.717) is 23.4 Å². The van der Waals surface area contributed by atoms with Crippen molar-refractivity contribution in [3.05, 3.63) is 83.6 Å². The third kappa shape index (κ3) is 6.26. The highest BCUT2D eigenvalue weighted by Gasteiger charge is 2.35. The second kappa shape index (κ2) is 10.7. The number of carbonyl (C=O) groups excluding carboxylic acids is 1. The number of rotatable bonds is 8. The fraction of sp³-hybridized carbons (Fsp3) is 0.240. The van der Waals surface area contributed by atoms with Gasteiger partial charge in [-0.15, -0.1) is 0 Å². The monoisotopic (exact) mass is 514 g/mol. The van der Waals surface area contributed by atoms with E-state index < -0.39 is 29.3 Å². The summed E-state index contributed by atoms with van der Waals surface area (Å²) < 4.78 is 60.8. The second-order valence-electron chi connectivity index (χ2n) is 8.09. The molecule has 0 saturated carbocycles. The van der Waals surface area contributed by atoms with Gasteiger partial charge in [0.25, 0.3) is 0 Å². The van der Waals surface area contributed by atoms with E-state index in [0.717, 1.165) is 31.5 Å². The molecule has 0 aliphatic carbocycles. The number of amides is 1. The lowest BCUT2D eigenvalue weighted by Crippen LogP contribution is -2.16. The number of aromatic nitrogens is 5. The molecular weight excluding hydrogens is 492 g/mol. The Morgan fingerprint density at radius 1 is 1.05 bits per heavy atom. The van der Waals surface area contributed by atoms with Crippen molar-refractivity contribution >= 4 is 11.6 Å². The molecule has 0 atom stereocenters. The van der Waals surface area contributed by atoms with Crippen molar-refractivity contribution in [2.75, 3.05) is 12.4 Å². The van der Waals surface area contributed by atoms with Gasteiger partial charge in [0.05, 0.1) is 31.6 Å². The molecule has 4 rings (SSSR count). The molecule has 0 saturated heterocycles. The van der Waals surface area contributed by atoms with Crippen LogP contribution in [0.15, 0.2) is 55.2 Å². The number of alkyl halides is 3. The summed E-state index contributed by atoms with van der Waals surface area (Å²) in [6.45, 7) is 2.74. The first-order valence-electron chi connectivity index (χ1n) is 11.2. The first-order chi connectivity index (χ1) is 17.7. The Morgan fingerprint density at radius 2 is 1.81 bits per heavy atom. The zero-order valence-corrected chi connectivity index (χ0v) is 19.9. The van der Waals surface area contributed by atoms with E-state index in [1.165, 1.54) is 24.5 Å². The third-order valence-electron chi connectivity index (χ3n) is 5.42. The van der Waals surface area contributed by atoms with Crippen LogP contribution in [0.4, 0.5) is 23.2 Å². The maximum atomic E-state index is 14.8. The topological polar surface area (TPSA) is 94.8 Å². The van der Waals surface area contributed by atoms with E-state index in [1.54, 1.807) is 16.9 Å². The number of carbonyl (C=O) groups is 1. The number of anilines is 1. The minimum absolute atomic E-state index is 0.158. The van der Waals surface area contributed by atoms with Crippen molar-refractivity contribution in [3.8, 4) is 17.0 Å². The third-order valence-corrected chi connectivity index (χ3v) is 5.42. The first-order valence-corrected chi connectivity index (χ1v) is 11.2. The number of halogens is 4. The molecule has 0 bridgehead atoms. The van der Waals surface area contributed by atoms with Gasteiger partial charge in [0.2, 0.25) is 11.8 Å². The van der Waals surface area contributed by atoms with Gasteiger partial charge in [-0.25, -0.2) is 19.3 Å². The number of hydrogen-bond acceptors (Lipinski definition) is 6. The highest BCUT2D eigenvalue weighted by atomic mass is 19.4. The van der Waals surface area contributed by atoms with Crippen LogP contribution in [0.2, 0.25) is 0 Å². The predicted octanol–water partition coefficient (Wildman–Crippen LogP) is 4.69. The molecular formula is C25H22F4N6O2. The SMILES string of the molecule is CCn1cc(Cc2ncc(-c3ccc(CC(=O)Nc4cnc(OC)c(C(F)(F)F)c4)cc3F)cn2)cn1. The summed E-state index contributed by atoms with van der Waals surface area (Å²) in [6.07, 6.45) is 3.27. The number of hydrogen-bond donors (Lipinski definition) is 1. The van der Waals surface area contributed by atoms with Crippen LogP contribution in [0.25, 0.3) is 11.1 Å². The number of aryl methyl sites for hydroxylation is 1. The Balaban J connectivity index is 1.42. The average Bonchev–Trinajstić information content (AvgIpc) is 3.32. The van der Waals surface area contributed by atoms with E-state index in [1.807, 2.05) is 13.1 Å². The molecule has 1 amide bonds. The smallest absolute Gasteiger partial charge is 0.421 e. The number of nitrogens with zero attached hydrogens (tertiary/aromatic N) is 5. The number of pyridine rings is 1. The molecule has 1 N–H and O–H groups in total. The van der Waals surface area contributed by atoms with Gasteiger partial charge in [0, 0.05) is 42.7 Å². The van der Waals surface area contributed by atoms with E-state index in [4.69, 9.17) is 0 Å². The predicted molar refractivity (Wildman–Crippen MR) is 126 cm³/mol. The Morgan fingerprint density at radius 3 is 2.43 bits per heavy atom. The van der Waals surface area contributed by atoms with E-state index in [-0.39, 0.29) is 17.7 Å². The molecule has 0 fully saturated rings.